The van der Waals surface area contributed by atoms with Crippen LogP contribution in [0, 0.1) is 0 Å². The highest BCUT2D eigenvalue weighted by atomic mass is 32.1. The van der Waals surface area contributed by atoms with Gasteiger partial charge in [0.05, 0.1) is 12.3 Å². The summed E-state index contributed by atoms with van der Waals surface area (Å²) in [5, 5.41) is 4.42. The van der Waals surface area contributed by atoms with Crippen LogP contribution in [-0.2, 0) is 14.3 Å². The average molecular weight is 320 g/mol. The number of hydrogen-bond acceptors (Lipinski definition) is 6. The summed E-state index contributed by atoms with van der Waals surface area (Å²) in [5.74, 6) is -0.979. The molecular formula is C15H16N2O4S. The van der Waals surface area contributed by atoms with Crippen LogP contribution in [-0.4, -0.2) is 37.1 Å². The maximum absolute atomic E-state index is 12.2. The van der Waals surface area contributed by atoms with Gasteiger partial charge in [-0.2, -0.15) is 0 Å². The first-order chi connectivity index (χ1) is 10.7. The van der Waals surface area contributed by atoms with E-state index >= 15 is 0 Å². The molecule has 0 saturated carbocycles. The second-order valence-corrected chi connectivity index (χ2v) is 5.25. The molecule has 0 aliphatic heterocycles. The Morgan fingerprint density at radius 3 is 2.82 bits per heavy atom. The van der Waals surface area contributed by atoms with Gasteiger partial charge in [-0.25, -0.2) is 4.79 Å². The number of hydrogen-bond donors (Lipinski definition) is 1. The second-order valence-electron chi connectivity index (χ2n) is 4.30. The predicted molar refractivity (Wildman–Crippen MR) is 81.6 cm³/mol. The number of nitrogens with one attached hydrogen (secondary N) is 1. The van der Waals surface area contributed by atoms with Crippen LogP contribution in [0.25, 0.3) is 0 Å². The van der Waals surface area contributed by atoms with Crippen molar-refractivity contribution in [2.75, 3.05) is 20.3 Å². The van der Waals surface area contributed by atoms with Gasteiger partial charge in [-0.1, -0.05) is 12.1 Å². The highest BCUT2D eigenvalue weighted by Crippen LogP contribution is 2.19. The number of thiophene rings is 1. The minimum absolute atomic E-state index is 0.329. The van der Waals surface area contributed by atoms with E-state index in [0.717, 1.165) is 0 Å². The first-order valence-electron chi connectivity index (χ1n) is 6.64. The molecule has 1 unspecified atom stereocenters. The summed E-state index contributed by atoms with van der Waals surface area (Å²) in [6.45, 7) is 0.703. The molecule has 2 aromatic heterocycles. The summed E-state index contributed by atoms with van der Waals surface area (Å²) >= 11 is 1.25. The Morgan fingerprint density at radius 1 is 1.32 bits per heavy atom. The van der Waals surface area contributed by atoms with E-state index in [0.29, 0.717) is 23.7 Å². The molecule has 0 fully saturated rings. The number of amides is 1. The lowest BCUT2D eigenvalue weighted by atomic mass is 10.2. The van der Waals surface area contributed by atoms with Crippen molar-refractivity contribution in [3.63, 3.8) is 0 Å². The first kappa shape index (κ1) is 16.1. The monoisotopic (exact) mass is 320 g/mol. The molecule has 1 atom stereocenters. The molecule has 2 rings (SSSR count). The van der Waals surface area contributed by atoms with E-state index in [1.807, 2.05) is 0 Å². The molecule has 0 aromatic carbocycles. The minimum atomic E-state index is -1.09. The van der Waals surface area contributed by atoms with Gasteiger partial charge in [0.25, 0.3) is 5.91 Å². The fourth-order valence-electron chi connectivity index (χ4n) is 1.71. The van der Waals surface area contributed by atoms with Gasteiger partial charge in [-0.3, -0.25) is 9.78 Å². The number of methoxy groups -OCH3 is 1. The molecule has 0 bridgehead atoms. The lowest BCUT2D eigenvalue weighted by molar-refractivity contribution is -0.130. The normalized spacial score (nSPS) is 11.7. The minimum Gasteiger partial charge on any atom is -0.441 e. The molecule has 1 N–H and O–H groups in total. The zero-order valence-electron chi connectivity index (χ0n) is 12.0. The van der Waals surface area contributed by atoms with Crippen LogP contribution < -0.4 is 5.32 Å². The molecule has 0 saturated heterocycles. The van der Waals surface area contributed by atoms with Crippen molar-refractivity contribution in [3.8, 4) is 0 Å². The lowest BCUT2D eigenvalue weighted by Gasteiger charge is -2.16. The zero-order valence-corrected chi connectivity index (χ0v) is 12.8. The van der Waals surface area contributed by atoms with E-state index in [-0.39, 0.29) is 0 Å². The number of esters is 1. The summed E-state index contributed by atoms with van der Waals surface area (Å²) in [4.78, 5) is 28.9. The number of carbonyl (C=O) groups excluding carboxylic acids is 2. The number of nitrogens with zero attached hydrogens (tertiary/aromatic N) is 1. The summed E-state index contributed by atoms with van der Waals surface area (Å²) in [5.41, 5.74) is 0.377. The molecule has 22 heavy (non-hydrogen) atoms. The van der Waals surface area contributed by atoms with Gasteiger partial charge < -0.3 is 14.8 Å². The smallest absolute Gasteiger partial charge is 0.349 e. The Balaban J connectivity index is 2.11. The molecule has 0 aliphatic rings. The van der Waals surface area contributed by atoms with Crippen molar-refractivity contribution in [1.82, 2.24) is 10.3 Å². The van der Waals surface area contributed by atoms with E-state index < -0.39 is 18.0 Å². The number of pyridine rings is 1. The molecule has 6 nitrogen and oxygen atoms in total. The third kappa shape index (κ3) is 4.37. The van der Waals surface area contributed by atoms with Crippen LogP contribution in [0.15, 0.2) is 41.9 Å². The standard InChI is InChI=1S/C15H16N2O4S/c1-20-9-8-17-14(18)13(11-5-2-3-7-16-11)21-15(19)12-6-4-10-22-12/h2-7,10,13H,8-9H2,1H3,(H,17,18). The van der Waals surface area contributed by atoms with E-state index in [4.69, 9.17) is 9.47 Å². The fraction of sp³-hybridized carbons (Fsp3) is 0.267. The molecule has 1 amide bonds. The van der Waals surface area contributed by atoms with Gasteiger partial charge in [0.15, 0.2) is 0 Å². The van der Waals surface area contributed by atoms with E-state index in [1.54, 1.807) is 49.0 Å². The SMILES string of the molecule is COCCNC(=O)C(OC(=O)c1cccs1)c1ccccn1. The highest BCUT2D eigenvalue weighted by Gasteiger charge is 2.26. The maximum atomic E-state index is 12.2. The van der Waals surface area contributed by atoms with Gasteiger partial charge in [-0.15, -0.1) is 11.3 Å². The van der Waals surface area contributed by atoms with E-state index in [2.05, 4.69) is 10.3 Å². The summed E-state index contributed by atoms with van der Waals surface area (Å²) in [6, 6.07) is 8.49. The van der Waals surface area contributed by atoms with Gasteiger partial charge >= 0.3 is 5.97 Å². The van der Waals surface area contributed by atoms with Crippen LogP contribution in [0.2, 0.25) is 0 Å². The van der Waals surface area contributed by atoms with Crippen LogP contribution >= 0.6 is 11.3 Å². The van der Waals surface area contributed by atoms with Crippen molar-refractivity contribution >= 4 is 23.2 Å². The molecule has 2 aromatic rings. The number of rotatable bonds is 7. The largest absolute Gasteiger partial charge is 0.441 e. The Labute approximate surface area is 132 Å². The van der Waals surface area contributed by atoms with Crippen molar-refractivity contribution in [1.29, 1.82) is 0 Å². The Hall–Kier alpha value is -2.25. The van der Waals surface area contributed by atoms with E-state index in [9.17, 15) is 9.59 Å². The van der Waals surface area contributed by atoms with Gasteiger partial charge in [0.2, 0.25) is 6.10 Å². The molecule has 0 radical (unpaired) electrons. The van der Waals surface area contributed by atoms with Crippen molar-refractivity contribution in [2.45, 2.75) is 6.10 Å². The number of aromatic nitrogens is 1. The molecule has 2 heterocycles. The molecule has 116 valence electrons. The Kier molecular flexibility index (Phi) is 6.05. The van der Waals surface area contributed by atoms with Crippen LogP contribution in [0.5, 0.6) is 0 Å². The molecular weight excluding hydrogens is 304 g/mol. The van der Waals surface area contributed by atoms with Crippen LogP contribution in [0.1, 0.15) is 21.5 Å². The number of ether oxygens (including phenoxy) is 2. The average Bonchev–Trinajstić information content (AvgIpc) is 3.08. The Morgan fingerprint density at radius 2 is 2.18 bits per heavy atom. The van der Waals surface area contributed by atoms with Crippen LogP contribution in [0.4, 0.5) is 0 Å². The van der Waals surface area contributed by atoms with Crippen molar-refractivity contribution in [2.24, 2.45) is 0 Å². The van der Waals surface area contributed by atoms with Gasteiger partial charge in [-0.05, 0) is 23.6 Å². The maximum Gasteiger partial charge on any atom is 0.349 e. The van der Waals surface area contributed by atoms with E-state index in [1.165, 1.54) is 11.3 Å². The zero-order chi connectivity index (χ0) is 15.8. The third-order valence-corrected chi connectivity index (χ3v) is 3.60. The Bertz CT molecular complexity index is 601. The second kappa shape index (κ2) is 8.26. The molecule has 0 spiro atoms. The molecule has 0 aliphatic carbocycles. The van der Waals surface area contributed by atoms with Gasteiger partial charge in [0, 0.05) is 19.9 Å². The summed E-state index contributed by atoms with van der Waals surface area (Å²) in [7, 11) is 1.54. The van der Waals surface area contributed by atoms with Crippen molar-refractivity contribution in [3.05, 3.63) is 52.5 Å². The lowest BCUT2D eigenvalue weighted by Crippen LogP contribution is -2.34. The van der Waals surface area contributed by atoms with Crippen LogP contribution in [0.3, 0.4) is 0 Å². The highest BCUT2D eigenvalue weighted by molar-refractivity contribution is 7.11. The molecule has 7 heteroatoms. The quantitative estimate of drug-likeness (QED) is 0.622. The van der Waals surface area contributed by atoms with Gasteiger partial charge in [0.1, 0.15) is 4.88 Å². The first-order valence-corrected chi connectivity index (χ1v) is 7.52. The fourth-order valence-corrected chi connectivity index (χ4v) is 2.31. The topological polar surface area (TPSA) is 77.5 Å². The summed E-state index contributed by atoms with van der Waals surface area (Å²) < 4.78 is 10.2. The summed E-state index contributed by atoms with van der Waals surface area (Å²) in [6.07, 6.45) is 0.455. The predicted octanol–water partition coefficient (Wildman–Crippen LogP) is 1.80. The van der Waals surface area contributed by atoms with Crippen molar-refractivity contribution < 1.29 is 19.1 Å². The number of carbonyl (C=O) groups is 2. The third-order valence-electron chi connectivity index (χ3n) is 2.75.